The van der Waals surface area contributed by atoms with Gasteiger partial charge in [-0.15, -0.1) is 0 Å². The zero-order chi connectivity index (χ0) is 14.3. The summed E-state index contributed by atoms with van der Waals surface area (Å²) in [6.45, 7) is 12.6. The van der Waals surface area contributed by atoms with Crippen molar-refractivity contribution in [3.63, 3.8) is 0 Å². The van der Waals surface area contributed by atoms with Crippen LogP contribution in [0.15, 0.2) is 0 Å². The van der Waals surface area contributed by atoms with Gasteiger partial charge < -0.3 is 10.4 Å². The summed E-state index contributed by atoms with van der Waals surface area (Å²) >= 11 is 0. The van der Waals surface area contributed by atoms with Gasteiger partial charge in [-0.1, -0.05) is 27.7 Å². The van der Waals surface area contributed by atoms with Gasteiger partial charge in [-0.3, -0.25) is 4.90 Å². The smallest absolute Gasteiger partial charge is 0.0558 e. The summed E-state index contributed by atoms with van der Waals surface area (Å²) in [4.78, 5) is 2.53. The Balaban J connectivity index is 2.59. The van der Waals surface area contributed by atoms with Crippen LogP contribution in [0.25, 0.3) is 0 Å². The average molecular weight is 270 g/mol. The first-order chi connectivity index (χ1) is 9.02. The van der Waals surface area contributed by atoms with Crippen LogP contribution >= 0.6 is 0 Å². The highest BCUT2D eigenvalue weighted by atomic mass is 16.3. The number of hydrogen-bond donors (Lipinski definition) is 2. The van der Waals surface area contributed by atoms with Gasteiger partial charge in [0, 0.05) is 25.2 Å². The minimum atomic E-state index is 0.277. The Morgan fingerprint density at radius 1 is 1.16 bits per heavy atom. The lowest BCUT2D eigenvalue weighted by atomic mass is 9.94. The molecule has 0 bridgehead atoms. The highest BCUT2D eigenvalue weighted by molar-refractivity contribution is 4.82. The van der Waals surface area contributed by atoms with Crippen LogP contribution in [0, 0.1) is 11.8 Å². The molecule has 0 saturated carbocycles. The minimum absolute atomic E-state index is 0.277. The molecule has 0 radical (unpaired) electrons. The van der Waals surface area contributed by atoms with Crippen LogP contribution in [-0.4, -0.2) is 48.3 Å². The molecular weight excluding hydrogens is 236 g/mol. The van der Waals surface area contributed by atoms with Crippen LogP contribution < -0.4 is 5.32 Å². The van der Waals surface area contributed by atoms with E-state index in [0.717, 1.165) is 31.5 Å². The van der Waals surface area contributed by atoms with Crippen molar-refractivity contribution in [3.8, 4) is 0 Å². The van der Waals surface area contributed by atoms with E-state index < -0.39 is 0 Å². The Bertz CT molecular complexity index is 215. The van der Waals surface area contributed by atoms with Crippen molar-refractivity contribution >= 4 is 0 Å². The minimum Gasteiger partial charge on any atom is -0.395 e. The van der Waals surface area contributed by atoms with E-state index in [1.165, 1.54) is 25.7 Å². The predicted molar refractivity (Wildman–Crippen MR) is 82.4 cm³/mol. The van der Waals surface area contributed by atoms with Crippen molar-refractivity contribution in [2.75, 3.05) is 26.2 Å². The van der Waals surface area contributed by atoms with Gasteiger partial charge in [0.2, 0.25) is 0 Å². The van der Waals surface area contributed by atoms with E-state index in [4.69, 9.17) is 0 Å². The molecule has 3 heteroatoms. The zero-order valence-electron chi connectivity index (χ0n) is 13.4. The van der Waals surface area contributed by atoms with E-state index in [-0.39, 0.29) is 6.61 Å². The van der Waals surface area contributed by atoms with Crippen LogP contribution in [0.1, 0.15) is 53.4 Å². The van der Waals surface area contributed by atoms with Gasteiger partial charge >= 0.3 is 0 Å². The van der Waals surface area contributed by atoms with E-state index in [2.05, 4.69) is 37.9 Å². The first-order valence-electron chi connectivity index (χ1n) is 8.11. The molecule has 3 nitrogen and oxygen atoms in total. The largest absolute Gasteiger partial charge is 0.395 e. The second-order valence-corrected chi connectivity index (χ2v) is 6.92. The van der Waals surface area contributed by atoms with Gasteiger partial charge in [0.1, 0.15) is 0 Å². The van der Waals surface area contributed by atoms with Crippen LogP contribution in [0.4, 0.5) is 0 Å². The molecule has 0 aromatic carbocycles. The van der Waals surface area contributed by atoms with E-state index in [9.17, 15) is 5.11 Å². The summed E-state index contributed by atoms with van der Waals surface area (Å²) < 4.78 is 0. The van der Waals surface area contributed by atoms with E-state index in [1.54, 1.807) is 0 Å². The van der Waals surface area contributed by atoms with Gasteiger partial charge in [-0.25, -0.2) is 0 Å². The van der Waals surface area contributed by atoms with Crippen molar-refractivity contribution < 1.29 is 5.11 Å². The molecule has 1 unspecified atom stereocenters. The first-order valence-corrected chi connectivity index (χ1v) is 8.11. The van der Waals surface area contributed by atoms with Crippen LogP contribution in [0.2, 0.25) is 0 Å². The predicted octanol–water partition coefficient (Wildman–Crippen LogP) is 2.49. The van der Waals surface area contributed by atoms with Crippen LogP contribution in [0.5, 0.6) is 0 Å². The molecule has 0 aliphatic carbocycles. The van der Waals surface area contributed by atoms with Gasteiger partial charge in [-0.2, -0.15) is 0 Å². The molecule has 2 N–H and O–H groups in total. The third-order valence-electron chi connectivity index (χ3n) is 4.01. The van der Waals surface area contributed by atoms with Crippen molar-refractivity contribution in [3.05, 3.63) is 0 Å². The Kier molecular flexibility index (Phi) is 7.96. The lowest BCUT2D eigenvalue weighted by Gasteiger charge is -2.35. The molecule has 1 aliphatic heterocycles. The molecule has 0 aromatic heterocycles. The SMILES string of the molecule is CC(C)CC(CC(C)C)N(CCO)CC1CCCN1. The Morgan fingerprint density at radius 2 is 1.79 bits per heavy atom. The molecule has 1 saturated heterocycles. The van der Waals surface area contributed by atoms with E-state index in [0.29, 0.717) is 12.1 Å². The summed E-state index contributed by atoms with van der Waals surface area (Å²) in [5.74, 6) is 1.45. The van der Waals surface area contributed by atoms with Gasteiger partial charge in [0.25, 0.3) is 0 Å². The molecule has 1 heterocycles. The standard InChI is InChI=1S/C16H34N2O/c1-13(2)10-16(11-14(3)4)18(8-9-19)12-15-6-5-7-17-15/h13-17,19H,5-12H2,1-4H3. The molecule has 1 rings (SSSR count). The monoisotopic (exact) mass is 270 g/mol. The van der Waals surface area contributed by atoms with Gasteiger partial charge in [0.15, 0.2) is 0 Å². The highest BCUT2D eigenvalue weighted by Gasteiger charge is 2.24. The van der Waals surface area contributed by atoms with E-state index >= 15 is 0 Å². The van der Waals surface area contributed by atoms with Crippen molar-refractivity contribution in [2.45, 2.75) is 65.5 Å². The van der Waals surface area contributed by atoms with Crippen molar-refractivity contribution in [1.82, 2.24) is 10.2 Å². The third kappa shape index (κ3) is 6.73. The van der Waals surface area contributed by atoms with Crippen LogP contribution in [-0.2, 0) is 0 Å². The molecule has 0 amide bonds. The first kappa shape index (κ1) is 16.9. The summed E-state index contributed by atoms with van der Waals surface area (Å²) in [6.07, 6.45) is 5.07. The Hall–Kier alpha value is -0.120. The molecule has 0 spiro atoms. The second-order valence-electron chi connectivity index (χ2n) is 6.92. The lowest BCUT2D eigenvalue weighted by molar-refractivity contribution is 0.112. The number of hydrogen-bond acceptors (Lipinski definition) is 3. The number of rotatable bonds is 9. The average Bonchev–Trinajstić information content (AvgIpc) is 2.79. The van der Waals surface area contributed by atoms with Gasteiger partial charge in [-0.05, 0) is 44.1 Å². The number of aliphatic hydroxyl groups is 1. The molecule has 1 atom stereocenters. The van der Waals surface area contributed by atoms with Gasteiger partial charge in [0.05, 0.1) is 6.61 Å². The third-order valence-corrected chi connectivity index (χ3v) is 4.01. The highest BCUT2D eigenvalue weighted by Crippen LogP contribution is 2.20. The summed E-state index contributed by atoms with van der Waals surface area (Å²) in [5, 5.41) is 12.9. The maximum absolute atomic E-state index is 9.37. The number of nitrogens with one attached hydrogen (secondary N) is 1. The van der Waals surface area contributed by atoms with Crippen molar-refractivity contribution in [1.29, 1.82) is 0 Å². The fourth-order valence-electron chi connectivity index (χ4n) is 3.23. The Labute approximate surface area is 119 Å². The zero-order valence-corrected chi connectivity index (χ0v) is 13.4. The Morgan fingerprint density at radius 3 is 2.21 bits per heavy atom. The summed E-state index contributed by atoms with van der Waals surface area (Å²) in [5.41, 5.74) is 0. The number of aliphatic hydroxyl groups excluding tert-OH is 1. The molecule has 0 aromatic rings. The quantitative estimate of drug-likeness (QED) is 0.676. The van der Waals surface area contributed by atoms with Crippen molar-refractivity contribution in [2.24, 2.45) is 11.8 Å². The topological polar surface area (TPSA) is 35.5 Å². The molecule has 19 heavy (non-hydrogen) atoms. The normalized spacial score (nSPS) is 20.4. The second kappa shape index (κ2) is 8.93. The fourth-order valence-corrected chi connectivity index (χ4v) is 3.23. The molecule has 1 aliphatic rings. The number of nitrogens with zero attached hydrogens (tertiary/aromatic N) is 1. The maximum atomic E-state index is 9.37. The lowest BCUT2D eigenvalue weighted by Crippen LogP contribution is -2.45. The fraction of sp³-hybridized carbons (Fsp3) is 1.00. The van der Waals surface area contributed by atoms with Crippen LogP contribution in [0.3, 0.4) is 0 Å². The maximum Gasteiger partial charge on any atom is 0.0558 e. The molecule has 114 valence electrons. The molecular formula is C16H34N2O. The summed E-state index contributed by atoms with van der Waals surface area (Å²) in [7, 11) is 0. The van der Waals surface area contributed by atoms with E-state index in [1.807, 2.05) is 0 Å². The molecule has 1 fully saturated rings. The summed E-state index contributed by atoms with van der Waals surface area (Å²) in [6, 6.07) is 1.25.